The fourth-order valence-electron chi connectivity index (χ4n) is 21.4. The highest BCUT2D eigenvalue weighted by molar-refractivity contribution is 6.04. The number of Topliss-reactive ketones (excluding diaryl/α,β-unsaturated/α-hetero) is 6. The predicted molar refractivity (Wildman–Crippen MR) is 569 cm³/mol. The van der Waals surface area contributed by atoms with Gasteiger partial charge in [0.05, 0.1) is 74.0 Å². The van der Waals surface area contributed by atoms with Crippen LogP contribution in [0.5, 0.6) is 0 Å². The highest BCUT2D eigenvalue weighted by Gasteiger charge is 2.67. The maximum atomic E-state index is 12.6. The van der Waals surface area contributed by atoms with E-state index in [0.29, 0.717) is 64.2 Å². The minimum Gasteiger partial charge on any atom is -0.457 e. The van der Waals surface area contributed by atoms with Crippen LogP contribution in [0.15, 0.2) is 235 Å². The molecule has 6 saturated carbocycles. The van der Waals surface area contributed by atoms with Gasteiger partial charge in [0.1, 0.15) is 36.6 Å². The van der Waals surface area contributed by atoms with Crippen LogP contribution in [-0.4, -0.2) is 107 Å². The number of hydrogen-bond acceptors (Lipinski definition) is 18. The minimum absolute atomic E-state index is 0.0532. The highest BCUT2D eigenvalue weighted by Crippen LogP contribution is 2.65. The van der Waals surface area contributed by atoms with E-state index in [-0.39, 0.29) is 211 Å². The molecule has 18 heteroatoms. The van der Waals surface area contributed by atoms with E-state index in [2.05, 4.69) is 186 Å². The number of carbonyl (C=O) groups excluding carboxylic acids is 12. The van der Waals surface area contributed by atoms with Crippen molar-refractivity contribution in [3.63, 3.8) is 0 Å². The van der Waals surface area contributed by atoms with Gasteiger partial charge in [-0.15, -0.1) is 0 Å². The average Bonchev–Trinajstić information content (AvgIpc) is 1.59. The van der Waals surface area contributed by atoms with Crippen molar-refractivity contribution in [3.8, 4) is 0 Å². The Balaban J connectivity index is 0.000000231. The lowest BCUT2D eigenvalue weighted by molar-refractivity contribution is -0.151. The third kappa shape index (κ3) is 29.5. The minimum atomic E-state index is -0.402. The monoisotopic (exact) mass is 1950 g/mol. The van der Waals surface area contributed by atoms with E-state index in [1.165, 1.54) is 33.4 Å². The molecule has 0 amide bonds. The predicted octanol–water partition coefficient (Wildman–Crippen LogP) is 27.5. The van der Waals surface area contributed by atoms with Gasteiger partial charge in [0, 0.05) is 33.4 Å². The van der Waals surface area contributed by atoms with Crippen molar-refractivity contribution in [3.05, 3.63) is 235 Å². The van der Waals surface area contributed by atoms with Crippen LogP contribution in [0, 0.1) is 104 Å². The van der Waals surface area contributed by atoms with Crippen LogP contribution in [0.1, 0.15) is 325 Å². The summed E-state index contributed by atoms with van der Waals surface area (Å²) < 4.78 is 34.3. The van der Waals surface area contributed by atoms with Crippen LogP contribution in [0.2, 0.25) is 0 Å². The van der Waals surface area contributed by atoms with Gasteiger partial charge in [0.2, 0.25) is 0 Å². The first-order valence-corrected chi connectivity index (χ1v) is 51.8. The second kappa shape index (κ2) is 50.0. The first-order valence-electron chi connectivity index (χ1n) is 51.8. The van der Waals surface area contributed by atoms with Crippen molar-refractivity contribution < 1.29 is 86.0 Å². The molecule has 18 atom stereocenters. The molecule has 18 nitrogen and oxygen atoms in total. The number of ketones is 6. The van der Waals surface area contributed by atoms with E-state index in [9.17, 15) is 57.5 Å². The van der Waals surface area contributed by atoms with E-state index in [0.717, 1.165) is 79.7 Å². The second-order valence-electron chi connectivity index (χ2n) is 46.1. The Hall–Kier alpha value is -10.4. The third-order valence-corrected chi connectivity index (χ3v) is 31.4. The van der Waals surface area contributed by atoms with Crippen molar-refractivity contribution in [2.24, 2.45) is 104 Å². The Kier molecular flexibility index (Phi) is 41.7. The summed E-state index contributed by atoms with van der Waals surface area (Å²) >= 11 is 0. The molecular formula is C124H172O18. The fourth-order valence-corrected chi connectivity index (χ4v) is 21.4. The molecule has 12 rings (SSSR count). The Morgan fingerprint density at radius 2 is 0.408 bits per heavy atom. The zero-order valence-corrected chi connectivity index (χ0v) is 92.6. The molecule has 0 N–H and O–H groups in total. The summed E-state index contributed by atoms with van der Waals surface area (Å²) in [6.07, 6.45) is 44.8. The molecule has 776 valence electrons. The lowest BCUT2D eigenvalue weighted by Crippen LogP contribution is -2.20. The molecular weight excluding hydrogens is 1780 g/mol. The van der Waals surface area contributed by atoms with E-state index >= 15 is 0 Å². The summed E-state index contributed by atoms with van der Waals surface area (Å²) in [5, 5.41) is 0. The van der Waals surface area contributed by atoms with Gasteiger partial charge in [-0.1, -0.05) is 265 Å². The zero-order chi connectivity index (χ0) is 107. The molecule has 142 heavy (non-hydrogen) atoms. The molecule has 0 saturated heterocycles. The van der Waals surface area contributed by atoms with Crippen LogP contribution in [0.25, 0.3) is 0 Å². The van der Waals surface area contributed by atoms with Crippen LogP contribution in [-0.2, 0) is 86.0 Å². The number of carbonyl (C=O) groups is 12. The summed E-state index contributed by atoms with van der Waals surface area (Å²) in [7, 11) is 0. The second-order valence-corrected chi connectivity index (χ2v) is 46.1. The molecule has 0 aromatic carbocycles. The summed E-state index contributed by atoms with van der Waals surface area (Å²) in [5.41, 5.74) is 17.2. The van der Waals surface area contributed by atoms with E-state index < -0.39 is 12.2 Å². The third-order valence-electron chi connectivity index (χ3n) is 31.4. The van der Waals surface area contributed by atoms with Crippen molar-refractivity contribution in [1.82, 2.24) is 0 Å². The van der Waals surface area contributed by atoms with Crippen molar-refractivity contribution >= 4 is 70.5 Å². The molecule has 0 spiro atoms. The Bertz CT molecular complexity index is 5100. The van der Waals surface area contributed by atoms with Gasteiger partial charge in [-0.25, -0.2) is 0 Å². The lowest BCUT2D eigenvalue weighted by atomic mass is 10.1. The molecule has 0 aliphatic heterocycles. The van der Waals surface area contributed by atoms with Crippen LogP contribution < -0.4 is 0 Å². The fraction of sp³-hybridized carbons (Fsp3) is 0.581. The number of esters is 6. The summed E-state index contributed by atoms with van der Waals surface area (Å²) in [4.78, 5) is 148. The lowest BCUT2D eigenvalue weighted by Gasteiger charge is -2.13. The van der Waals surface area contributed by atoms with E-state index in [4.69, 9.17) is 28.4 Å². The van der Waals surface area contributed by atoms with Gasteiger partial charge >= 0.3 is 35.8 Å². The van der Waals surface area contributed by atoms with Crippen molar-refractivity contribution in [2.75, 3.05) is 0 Å². The normalized spacial score (nSPS) is 28.6. The first-order chi connectivity index (χ1) is 66.2. The van der Waals surface area contributed by atoms with Crippen molar-refractivity contribution in [1.29, 1.82) is 0 Å². The van der Waals surface area contributed by atoms with Gasteiger partial charge < -0.3 is 28.4 Å². The van der Waals surface area contributed by atoms with Gasteiger partial charge in [0.15, 0.2) is 34.7 Å². The smallest absolute Gasteiger partial charge is 0.310 e. The molecule has 0 radical (unpaired) electrons. The molecule has 0 aromatic rings. The molecule has 0 unspecified atom stereocenters. The SMILES string of the molecule is C/C=C\CC1=C(C)[C@@H](OC(=O)[C@@H]2[C@@H](C=C(C)C)C2(C)C)CC1=O.C/C=C\CC1=C(C)[C@@H](OC(=O)[C@@H]2[C@@H](C=C(C)C)C2(C)C)CC1=O.C=C/C=C\CC1=C(C)[C@@H](OC(=O)[C@@H]2[C@@H](C=C(C)C)C2(C)C)CC1=O.C=C/C=C\CC1=C(C)[C@@H](OC(=O)[C@@H]2[C@@H](C=C(C)C)C2(C)C)CC1=O.CC/C=C\CC1=C(C)[C@@H](OC(=O)[C@@H]2[C@@H](C=C(C)C)C2(C)C)CC1=O.CC/C=C\CC1=C(C)[C@@H](OC(=O)[C@@H]2[C@@H](C=C(C)C)C2(C)C)CC1=O. The number of rotatable bonds is 34. The van der Waals surface area contributed by atoms with Gasteiger partial charge in [0.25, 0.3) is 0 Å². The van der Waals surface area contributed by atoms with Gasteiger partial charge in [-0.2, -0.15) is 0 Å². The quantitative estimate of drug-likeness (QED) is 0.0251. The topological polar surface area (TPSA) is 260 Å². The number of hydrogen-bond donors (Lipinski definition) is 0. The standard InChI is InChI=1S/2C21H30O3.2C21H28O3.2C20H28O3/c4*1-7-8-9-10-15-14(4)18(12-17(15)22)24-20(23)19-16(11-13(2)3)21(19,5)6;2*1-7-8-9-14-13(4)17(11-16(14)21)23-19(22)18-15(10-12(2)3)20(18,5)6/h2*8-9,11,16,18-19H,7,10,12H2,1-6H3;2*7-9,11,16,18-19H,1,10,12H2,2-6H3;2*7-8,10,15,17-18H,9,11H2,1-6H3/b4*9-8-;2*8-7-/t4*16-,18+,19+;2*15-,17+,18+/m111111/s1. The first kappa shape index (κ1) is 119. The zero-order valence-electron chi connectivity index (χ0n) is 92.6. The largest absolute Gasteiger partial charge is 0.457 e. The summed E-state index contributed by atoms with van der Waals surface area (Å²) in [5.74, 6) is 0.386. The van der Waals surface area contributed by atoms with Gasteiger partial charge in [-0.3, -0.25) is 57.5 Å². The maximum Gasteiger partial charge on any atom is 0.310 e. The van der Waals surface area contributed by atoms with Gasteiger partial charge in [-0.05, 0) is 291 Å². The Morgan fingerprint density at radius 3 is 0.542 bits per heavy atom. The Morgan fingerprint density at radius 1 is 0.261 bits per heavy atom. The maximum absolute atomic E-state index is 12.6. The molecule has 0 bridgehead atoms. The highest BCUT2D eigenvalue weighted by atomic mass is 16.6. The van der Waals surface area contributed by atoms with Crippen LogP contribution >= 0.6 is 0 Å². The summed E-state index contributed by atoms with van der Waals surface area (Å²) in [6, 6.07) is 0. The number of ether oxygens (including phenoxy) is 6. The molecule has 12 aliphatic rings. The Labute approximate surface area is 851 Å². The van der Waals surface area contributed by atoms with Crippen LogP contribution in [0.3, 0.4) is 0 Å². The van der Waals surface area contributed by atoms with E-state index in [1.807, 2.05) is 172 Å². The van der Waals surface area contributed by atoms with Crippen molar-refractivity contribution in [2.45, 2.75) is 362 Å². The number of allylic oxidation sites excluding steroid dienone is 32. The molecule has 0 aromatic heterocycles. The van der Waals surface area contributed by atoms with E-state index in [1.54, 1.807) is 12.2 Å². The summed E-state index contributed by atoms with van der Waals surface area (Å²) in [6.45, 7) is 76.5. The average molecular weight is 1950 g/mol. The molecule has 12 aliphatic carbocycles. The molecule has 6 fully saturated rings. The van der Waals surface area contributed by atoms with Crippen LogP contribution in [0.4, 0.5) is 0 Å². The molecule has 0 heterocycles.